The zero-order valence-corrected chi connectivity index (χ0v) is 10.6. The van der Waals surface area contributed by atoms with Gasteiger partial charge in [-0.05, 0) is 6.92 Å². The first-order chi connectivity index (χ1) is 8.70. The van der Waals surface area contributed by atoms with Crippen LogP contribution in [0.4, 0.5) is 0 Å². The van der Waals surface area contributed by atoms with Gasteiger partial charge in [0.2, 0.25) is 5.01 Å². The molecular formula is C10H13N5O2S. The molecule has 96 valence electrons. The molecule has 2 rings (SSSR count). The number of hydrogen-bond donors (Lipinski definition) is 2. The molecule has 0 aliphatic carbocycles. The molecule has 0 amide bonds. The van der Waals surface area contributed by atoms with Gasteiger partial charge in [0, 0.05) is 18.5 Å². The molecule has 0 spiro atoms. The number of nitrogens with one attached hydrogen (secondary N) is 1. The van der Waals surface area contributed by atoms with Crippen molar-refractivity contribution in [3.63, 3.8) is 0 Å². The Bertz CT molecular complexity index is 536. The molecule has 0 fully saturated rings. The highest BCUT2D eigenvalue weighted by Gasteiger charge is 2.09. The molecule has 0 aliphatic rings. The van der Waals surface area contributed by atoms with E-state index >= 15 is 0 Å². The topological polar surface area (TPSA) is 92.9 Å². The predicted molar refractivity (Wildman–Crippen MR) is 65.3 cm³/mol. The summed E-state index contributed by atoms with van der Waals surface area (Å²) >= 11 is 1.13. The molecule has 0 saturated carbocycles. The maximum Gasteiger partial charge on any atom is 0.365 e. The van der Waals surface area contributed by atoms with Crippen molar-refractivity contribution in [1.82, 2.24) is 25.1 Å². The smallest absolute Gasteiger partial charge is 0.365 e. The number of rotatable bonds is 6. The van der Waals surface area contributed by atoms with Crippen molar-refractivity contribution in [2.45, 2.75) is 26.6 Å². The molecule has 0 bridgehead atoms. The number of nitrogens with zero attached hydrogens (tertiary/aromatic N) is 4. The van der Waals surface area contributed by atoms with Crippen LogP contribution in [0.2, 0.25) is 0 Å². The minimum Gasteiger partial charge on any atom is -0.476 e. The normalized spacial score (nSPS) is 10.7. The van der Waals surface area contributed by atoms with Crippen LogP contribution in [-0.4, -0.2) is 30.8 Å². The van der Waals surface area contributed by atoms with E-state index in [2.05, 4.69) is 20.5 Å². The number of aromatic carboxylic acids is 1. The largest absolute Gasteiger partial charge is 0.476 e. The van der Waals surface area contributed by atoms with Crippen LogP contribution >= 0.6 is 11.3 Å². The molecule has 0 atom stereocenters. The zero-order chi connectivity index (χ0) is 13.0. The summed E-state index contributed by atoms with van der Waals surface area (Å²) in [5.74, 6) is -0.136. The Labute approximate surface area is 108 Å². The van der Waals surface area contributed by atoms with Crippen molar-refractivity contribution in [3.05, 3.63) is 28.2 Å². The summed E-state index contributed by atoms with van der Waals surface area (Å²) in [5.41, 5.74) is 0.722. The molecule has 0 aromatic carbocycles. The van der Waals surface area contributed by atoms with E-state index in [1.807, 2.05) is 11.5 Å². The number of thiazole rings is 1. The second kappa shape index (κ2) is 5.69. The number of carboxylic acid groups (broad SMARTS) is 1. The van der Waals surface area contributed by atoms with Crippen LogP contribution in [0, 0.1) is 0 Å². The average Bonchev–Trinajstić information content (AvgIpc) is 2.97. The Kier molecular flexibility index (Phi) is 4.00. The van der Waals surface area contributed by atoms with E-state index < -0.39 is 5.97 Å². The first-order valence-corrected chi connectivity index (χ1v) is 6.33. The Morgan fingerprint density at radius 3 is 3.06 bits per heavy atom. The van der Waals surface area contributed by atoms with Crippen molar-refractivity contribution in [3.8, 4) is 0 Å². The van der Waals surface area contributed by atoms with Crippen LogP contribution in [0.1, 0.15) is 28.2 Å². The number of aromatic nitrogens is 4. The fourth-order valence-corrected chi connectivity index (χ4v) is 2.12. The van der Waals surface area contributed by atoms with Crippen molar-refractivity contribution in [1.29, 1.82) is 0 Å². The summed E-state index contributed by atoms with van der Waals surface area (Å²) in [6.07, 6.45) is 1.68. The molecule has 2 heterocycles. The molecule has 0 aliphatic heterocycles. The van der Waals surface area contributed by atoms with Crippen molar-refractivity contribution < 1.29 is 9.90 Å². The van der Waals surface area contributed by atoms with E-state index in [1.54, 1.807) is 11.7 Å². The van der Waals surface area contributed by atoms with Crippen LogP contribution in [0.5, 0.6) is 0 Å². The van der Waals surface area contributed by atoms with Gasteiger partial charge < -0.3 is 15.0 Å². The lowest BCUT2D eigenvalue weighted by atomic mass is 10.4. The summed E-state index contributed by atoms with van der Waals surface area (Å²) in [7, 11) is 0. The minimum atomic E-state index is -0.989. The third-order valence-electron chi connectivity index (χ3n) is 2.36. The average molecular weight is 267 g/mol. The van der Waals surface area contributed by atoms with Crippen LogP contribution in [0.15, 0.2) is 11.7 Å². The highest BCUT2D eigenvalue weighted by Crippen LogP contribution is 2.09. The van der Waals surface area contributed by atoms with E-state index in [0.29, 0.717) is 13.1 Å². The van der Waals surface area contributed by atoms with E-state index in [0.717, 1.165) is 29.4 Å². The standard InChI is InChI=1S/C10H13N5O2S/c1-2-15-6-12-14-8(15)4-11-3-7-5-18-9(13-7)10(16)17/h5-6,11H,2-4H2,1H3,(H,16,17). The molecule has 2 aromatic rings. The lowest BCUT2D eigenvalue weighted by molar-refractivity contribution is 0.0696. The first-order valence-electron chi connectivity index (χ1n) is 5.45. The maximum absolute atomic E-state index is 10.7. The van der Waals surface area contributed by atoms with Crippen molar-refractivity contribution >= 4 is 17.3 Å². The van der Waals surface area contributed by atoms with Crippen LogP contribution < -0.4 is 5.32 Å². The van der Waals surface area contributed by atoms with Gasteiger partial charge in [0.15, 0.2) is 0 Å². The fourth-order valence-electron chi connectivity index (χ4n) is 1.47. The third kappa shape index (κ3) is 2.90. The molecule has 7 nitrogen and oxygen atoms in total. The molecule has 0 saturated heterocycles. The minimum absolute atomic E-state index is 0.114. The predicted octanol–water partition coefficient (Wildman–Crippen LogP) is 0.742. The summed E-state index contributed by atoms with van der Waals surface area (Å²) < 4.78 is 1.94. The second-order valence-electron chi connectivity index (χ2n) is 3.59. The second-order valence-corrected chi connectivity index (χ2v) is 4.44. The van der Waals surface area contributed by atoms with Gasteiger partial charge in [-0.3, -0.25) is 0 Å². The van der Waals surface area contributed by atoms with Crippen molar-refractivity contribution in [2.75, 3.05) is 0 Å². The molecular weight excluding hydrogens is 254 g/mol. The quantitative estimate of drug-likeness (QED) is 0.802. The zero-order valence-electron chi connectivity index (χ0n) is 9.83. The van der Waals surface area contributed by atoms with Gasteiger partial charge in [-0.1, -0.05) is 0 Å². The summed E-state index contributed by atoms with van der Waals surface area (Å²) in [4.78, 5) is 14.6. The van der Waals surface area contributed by atoms with Crippen LogP contribution in [-0.2, 0) is 19.6 Å². The van der Waals surface area contributed by atoms with Gasteiger partial charge in [0.05, 0.1) is 12.2 Å². The van der Waals surface area contributed by atoms with Crippen LogP contribution in [0.3, 0.4) is 0 Å². The molecule has 2 aromatic heterocycles. The van der Waals surface area contributed by atoms with Gasteiger partial charge >= 0.3 is 5.97 Å². The van der Waals surface area contributed by atoms with E-state index in [1.165, 1.54) is 0 Å². The van der Waals surface area contributed by atoms with E-state index in [4.69, 9.17) is 5.11 Å². The van der Waals surface area contributed by atoms with Gasteiger partial charge in [-0.25, -0.2) is 9.78 Å². The highest BCUT2D eigenvalue weighted by molar-refractivity contribution is 7.11. The number of aryl methyl sites for hydroxylation is 1. The third-order valence-corrected chi connectivity index (χ3v) is 3.24. The number of hydrogen-bond acceptors (Lipinski definition) is 6. The van der Waals surface area contributed by atoms with E-state index in [-0.39, 0.29) is 5.01 Å². The summed E-state index contributed by atoms with van der Waals surface area (Å²) in [5, 5.41) is 21.6. The monoisotopic (exact) mass is 267 g/mol. The lowest BCUT2D eigenvalue weighted by Crippen LogP contribution is -2.16. The summed E-state index contributed by atoms with van der Waals surface area (Å²) in [6, 6.07) is 0. The van der Waals surface area contributed by atoms with Crippen LogP contribution in [0.25, 0.3) is 0 Å². The Balaban J connectivity index is 1.86. The van der Waals surface area contributed by atoms with E-state index in [9.17, 15) is 4.79 Å². The molecule has 0 unspecified atom stereocenters. The molecule has 8 heteroatoms. The Morgan fingerprint density at radius 2 is 2.39 bits per heavy atom. The first kappa shape index (κ1) is 12.7. The maximum atomic E-state index is 10.7. The number of carboxylic acids is 1. The van der Waals surface area contributed by atoms with Gasteiger partial charge in [-0.2, -0.15) is 0 Å². The highest BCUT2D eigenvalue weighted by atomic mass is 32.1. The Morgan fingerprint density at radius 1 is 1.56 bits per heavy atom. The van der Waals surface area contributed by atoms with Gasteiger partial charge in [0.25, 0.3) is 0 Å². The fraction of sp³-hybridized carbons (Fsp3) is 0.400. The Hall–Kier alpha value is -1.80. The lowest BCUT2D eigenvalue weighted by Gasteiger charge is -2.03. The SMILES string of the molecule is CCn1cnnc1CNCc1csc(C(=O)O)n1. The van der Waals surface area contributed by atoms with Gasteiger partial charge in [0.1, 0.15) is 12.2 Å². The molecule has 18 heavy (non-hydrogen) atoms. The van der Waals surface area contributed by atoms with Crippen molar-refractivity contribution in [2.24, 2.45) is 0 Å². The summed E-state index contributed by atoms with van der Waals surface area (Å²) in [6.45, 7) is 3.93. The van der Waals surface area contributed by atoms with Gasteiger partial charge in [-0.15, -0.1) is 21.5 Å². The molecule has 0 radical (unpaired) electrons. The molecule has 2 N–H and O–H groups in total. The number of carbonyl (C=O) groups is 1.